The first-order valence-electron chi connectivity index (χ1n) is 5.28. The van der Waals surface area contributed by atoms with Crippen molar-refractivity contribution in [3.63, 3.8) is 0 Å². The molecule has 1 atom stereocenters. The van der Waals surface area contributed by atoms with Gasteiger partial charge in [-0.25, -0.2) is 0 Å². The number of nitrogens with one attached hydrogen (secondary N) is 1. The minimum Gasteiger partial charge on any atom is -0.370 e. The molecule has 1 aliphatic rings. The van der Waals surface area contributed by atoms with Crippen molar-refractivity contribution >= 4 is 11.8 Å². The van der Waals surface area contributed by atoms with E-state index in [1.807, 2.05) is 0 Å². The van der Waals surface area contributed by atoms with E-state index in [-0.39, 0.29) is 29.8 Å². The van der Waals surface area contributed by atoms with Crippen LogP contribution in [-0.2, 0) is 9.59 Å². The Hall–Kier alpha value is -1.10. The molecule has 1 fully saturated rings. The molecule has 0 spiro atoms. The Morgan fingerprint density at radius 1 is 1.47 bits per heavy atom. The highest BCUT2D eigenvalue weighted by Crippen LogP contribution is 2.34. The van der Waals surface area contributed by atoms with Gasteiger partial charge in [0.15, 0.2) is 0 Å². The zero-order valence-electron chi connectivity index (χ0n) is 9.08. The fourth-order valence-electron chi connectivity index (χ4n) is 1.92. The smallest absolute Gasteiger partial charge is 0.221 e. The van der Waals surface area contributed by atoms with E-state index in [9.17, 15) is 9.59 Å². The van der Waals surface area contributed by atoms with Crippen LogP contribution in [0.25, 0.3) is 0 Å². The first kappa shape index (κ1) is 12.0. The van der Waals surface area contributed by atoms with Crippen molar-refractivity contribution in [1.29, 1.82) is 0 Å². The largest absolute Gasteiger partial charge is 0.370 e. The van der Waals surface area contributed by atoms with Crippen LogP contribution in [0.2, 0.25) is 0 Å². The molecule has 0 radical (unpaired) electrons. The third-order valence-electron chi connectivity index (χ3n) is 2.74. The van der Waals surface area contributed by atoms with Crippen LogP contribution in [0.4, 0.5) is 0 Å². The molecule has 0 aliphatic heterocycles. The van der Waals surface area contributed by atoms with E-state index in [0.717, 1.165) is 19.3 Å². The lowest BCUT2D eigenvalue weighted by Crippen LogP contribution is -2.55. The molecule has 5 N–H and O–H groups in total. The standard InChI is InChI=1S/C10H19N3O2/c1-7(11)5-9(15)13-10(3-2-4-10)6-8(12)14/h7H,2-6,11H2,1H3,(H2,12,14)(H,13,15). The van der Waals surface area contributed by atoms with E-state index >= 15 is 0 Å². The van der Waals surface area contributed by atoms with Gasteiger partial charge in [-0.3, -0.25) is 9.59 Å². The fourth-order valence-corrected chi connectivity index (χ4v) is 1.92. The Labute approximate surface area is 89.6 Å². The van der Waals surface area contributed by atoms with Crippen LogP contribution >= 0.6 is 0 Å². The van der Waals surface area contributed by atoms with Crippen molar-refractivity contribution in [3.05, 3.63) is 0 Å². The first-order valence-corrected chi connectivity index (χ1v) is 5.28. The lowest BCUT2D eigenvalue weighted by molar-refractivity contribution is -0.126. The quantitative estimate of drug-likeness (QED) is 0.581. The minimum absolute atomic E-state index is 0.0917. The number of carbonyl (C=O) groups is 2. The molecule has 86 valence electrons. The summed E-state index contributed by atoms with van der Waals surface area (Å²) in [6.07, 6.45) is 3.23. The van der Waals surface area contributed by atoms with Gasteiger partial charge in [0, 0.05) is 24.4 Å². The molecular weight excluding hydrogens is 194 g/mol. The van der Waals surface area contributed by atoms with Gasteiger partial charge >= 0.3 is 0 Å². The van der Waals surface area contributed by atoms with Gasteiger partial charge in [0.2, 0.25) is 11.8 Å². The second-order valence-corrected chi connectivity index (χ2v) is 4.51. The molecule has 5 heteroatoms. The van der Waals surface area contributed by atoms with Crippen LogP contribution in [0.3, 0.4) is 0 Å². The molecule has 5 nitrogen and oxygen atoms in total. The lowest BCUT2D eigenvalue weighted by atomic mass is 9.74. The highest BCUT2D eigenvalue weighted by molar-refractivity contribution is 5.80. The second kappa shape index (κ2) is 4.61. The number of primary amides is 1. The zero-order valence-corrected chi connectivity index (χ0v) is 9.08. The van der Waals surface area contributed by atoms with Gasteiger partial charge in [0.05, 0.1) is 0 Å². The van der Waals surface area contributed by atoms with Crippen LogP contribution < -0.4 is 16.8 Å². The monoisotopic (exact) mass is 213 g/mol. The normalized spacial score (nSPS) is 20.1. The van der Waals surface area contributed by atoms with Gasteiger partial charge in [0.25, 0.3) is 0 Å². The summed E-state index contributed by atoms with van der Waals surface area (Å²) in [6.45, 7) is 1.78. The topological polar surface area (TPSA) is 98.2 Å². The summed E-state index contributed by atoms with van der Waals surface area (Å²) in [5.74, 6) is -0.457. The minimum atomic E-state index is -0.377. The Morgan fingerprint density at radius 3 is 2.40 bits per heavy atom. The molecule has 0 aromatic rings. The molecule has 1 aliphatic carbocycles. The maximum absolute atomic E-state index is 11.5. The third-order valence-corrected chi connectivity index (χ3v) is 2.74. The second-order valence-electron chi connectivity index (χ2n) is 4.51. The molecule has 2 amide bonds. The summed E-state index contributed by atoms with van der Waals surface area (Å²) in [6, 6.07) is -0.157. The number of hydrogen-bond acceptors (Lipinski definition) is 3. The van der Waals surface area contributed by atoms with Crippen molar-refractivity contribution in [3.8, 4) is 0 Å². The van der Waals surface area contributed by atoms with Gasteiger partial charge in [0.1, 0.15) is 0 Å². The van der Waals surface area contributed by atoms with E-state index in [0.29, 0.717) is 6.42 Å². The molecule has 1 unspecified atom stereocenters. The number of carbonyl (C=O) groups excluding carboxylic acids is 2. The van der Waals surface area contributed by atoms with E-state index < -0.39 is 0 Å². The molecule has 0 heterocycles. The zero-order chi connectivity index (χ0) is 11.5. The molecule has 0 bridgehead atoms. The number of amides is 2. The lowest BCUT2D eigenvalue weighted by Gasteiger charge is -2.42. The van der Waals surface area contributed by atoms with E-state index in [2.05, 4.69) is 5.32 Å². The number of hydrogen-bond donors (Lipinski definition) is 3. The van der Waals surface area contributed by atoms with Crippen molar-refractivity contribution in [2.75, 3.05) is 0 Å². The first-order chi connectivity index (χ1) is 6.93. The molecule has 0 aromatic carbocycles. The summed E-state index contributed by atoms with van der Waals surface area (Å²) < 4.78 is 0. The molecule has 0 aromatic heterocycles. The summed E-state index contributed by atoms with van der Waals surface area (Å²) in [7, 11) is 0. The average Bonchev–Trinajstić information content (AvgIpc) is 1.97. The van der Waals surface area contributed by atoms with E-state index in [1.165, 1.54) is 0 Å². The van der Waals surface area contributed by atoms with Gasteiger partial charge in [-0.2, -0.15) is 0 Å². The maximum atomic E-state index is 11.5. The summed E-state index contributed by atoms with van der Waals surface area (Å²) in [5, 5.41) is 2.87. The van der Waals surface area contributed by atoms with Gasteiger partial charge < -0.3 is 16.8 Å². The highest BCUT2D eigenvalue weighted by Gasteiger charge is 2.39. The molecule has 0 saturated heterocycles. The van der Waals surface area contributed by atoms with Gasteiger partial charge in [-0.1, -0.05) is 0 Å². The third kappa shape index (κ3) is 3.51. The Kier molecular flexibility index (Phi) is 3.68. The van der Waals surface area contributed by atoms with Crippen molar-refractivity contribution in [2.45, 2.75) is 50.6 Å². The SMILES string of the molecule is CC(N)CC(=O)NC1(CC(N)=O)CCC1. The predicted molar refractivity (Wildman–Crippen MR) is 56.8 cm³/mol. The highest BCUT2D eigenvalue weighted by atomic mass is 16.2. The summed E-state index contributed by atoms with van der Waals surface area (Å²) >= 11 is 0. The Bertz CT molecular complexity index is 259. The van der Waals surface area contributed by atoms with Crippen molar-refractivity contribution in [2.24, 2.45) is 11.5 Å². The van der Waals surface area contributed by atoms with Crippen LogP contribution in [0.1, 0.15) is 39.0 Å². The van der Waals surface area contributed by atoms with E-state index in [4.69, 9.17) is 11.5 Å². The Balaban J connectivity index is 2.46. The summed E-state index contributed by atoms with van der Waals surface area (Å²) in [4.78, 5) is 22.4. The molecule has 15 heavy (non-hydrogen) atoms. The fraction of sp³-hybridized carbons (Fsp3) is 0.800. The molecule has 1 rings (SSSR count). The Morgan fingerprint density at radius 2 is 2.07 bits per heavy atom. The number of nitrogens with two attached hydrogens (primary N) is 2. The average molecular weight is 213 g/mol. The number of rotatable bonds is 5. The van der Waals surface area contributed by atoms with Crippen molar-refractivity contribution in [1.82, 2.24) is 5.32 Å². The van der Waals surface area contributed by atoms with Gasteiger partial charge in [-0.05, 0) is 26.2 Å². The van der Waals surface area contributed by atoms with Crippen molar-refractivity contribution < 1.29 is 9.59 Å². The summed E-state index contributed by atoms with van der Waals surface area (Å²) in [5.41, 5.74) is 10.3. The maximum Gasteiger partial charge on any atom is 0.221 e. The molecule has 1 saturated carbocycles. The van der Waals surface area contributed by atoms with Crippen LogP contribution in [0.15, 0.2) is 0 Å². The molecular formula is C10H19N3O2. The predicted octanol–water partition coefficient (Wildman–Crippen LogP) is -0.362. The van der Waals surface area contributed by atoms with Gasteiger partial charge in [-0.15, -0.1) is 0 Å². The van der Waals surface area contributed by atoms with Crippen LogP contribution in [-0.4, -0.2) is 23.4 Å². The van der Waals surface area contributed by atoms with Crippen LogP contribution in [0.5, 0.6) is 0 Å². The van der Waals surface area contributed by atoms with E-state index in [1.54, 1.807) is 6.92 Å². The van der Waals surface area contributed by atoms with Crippen LogP contribution in [0, 0.1) is 0 Å².